The number of hydrogen-bond donors (Lipinski definition) is 9. The average Bonchev–Trinajstić information content (AvgIpc) is 2.93. The van der Waals surface area contributed by atoms with Crippen molar-refractivity contribution in [3.8, 4) is 0 Å². The van der Waals surface area contributed by atoms with E-state index in [2.05, 4.69) is 10.6 Å². The van der Waals surface area contributed by atoms with Gasteiger partial charge in [-0.25, -0.2) is 4.79 Å². The number of urea groups is 1. The molecule has 0 bridgehead atoms. The zero-order valence-electron chi connectivity index (χ0n) is 20.7. The van der Waals surface area contributed by atoms with Gasteiger partial charge < -0.3 is 51.1 Å². The van der Waals surface area contributed by atoms with Crippen LogP contribution in [0.15, 0.2) is 42.5 Å². The van der Waals surface area contributed by atoms with Crippen molar-refractivity contribution in [3.63, 3.8) is 0 Å². The molecule has 210 valence electrons. The number of benzene rings is 2. The summed E-state index contributed by atoms with van der Waals surface area (Å²) in [4.78, 5) is 12.0. The molecule has 38 heavy (non-hydrogen) atoms. The molecule has 11 nitrogen and oxygen atoms in total. The summed E-state index contributed by atoms with van der Waals surface area (Å²) < 4.78 is 5.65. The Bertz CT molecular complexity index is 1040. The number of ether oxygens (including phenoxy) is 1. The predicted octanol–water partition coefficient (Wildman–Crippen LogP) is -0.997. The highest BCUT2D eigenvalue weighted by Crippen LogP contribution is 2.34. The molecule has 1 saturated heterocycles. The molecule has 1 heterocycles. The second-order valence-corrected chi connectivity index (χ2v) is 9.89. The van der Waals surface area contributed by atoms with Crippen molar-refractivity contribution >= 4 is 17.6 Å². The molecule has 0 radical (unpaired) electrons. The largest absolute Gasteiger partial charge is 0.394 e. The van der Waals surface area contributed by atoms with Gasteiger partial charge in [-0.05, 0) is 41.2 Å². The first-order valence-corrected chi connectivity index (χ1v) is 12.6. The summed E-state index contributed by atoms with van der Waals surface area (Å²) in [6.07, 6.45) is -5.26. The highest BCUT2D eigenvalue weighted by atomic mass is 35.5. The van der Waals surface area contributed by atoms with Crippen LogP contribution in [0.4, 0.5) is 4.79 Å². The lowest BCUT2D eigenvalue weighted by Gasteiger charge is -2.40. The van der Waals surface area contributed by atoms with Gasteiger partial charge in [-0.2, -0.15) is 0 Å². The molecule has 2 aromatic carbocycles. The van der Waals surface area contributed by atoms with Crippen LogP contribution in [0.1, 0.15) is 28.4 Å². The van der Waals surface area contributed by atoms with Crippen LogP contribution in [0, 0.1) is 0 Å². The van der Waals surface area contributed by atoms with Gasteiger partial charge in [-0.15, -0.1) is 0 Å². The zero-order valence-corrected chi connectivity index (χ0v) is 21.5. The van der Waals surface area contributed by atoms with E-state index >= 15 is 0 Å². The third-order valence-electron chi connectivity index (χ3n) is 6.69. The van der Waals surface area contributed by atoms with Gasteiger partial charge >= 0.3 is 6.03 Å². The molecule has 0 aromatic heterocycles. The summed E-state index contributed by atoms with van der Waals surface area (Å²) in [6.45, 7) is -2.04. The van der Waals surface area contributed by atoms with Gasteiger partial charge in [0, 0.05) is 11.6 Å². The van der Waals surface area contributed by atoms with Crippen LogP contribution in [0.3, 0.4) is 0 Å². The highest BCUT2D eigenvalue weighted by molar-refractivity contribution is 6.31. The van der Waals surface area contributed by atoms with Gasteiger partial charge in [0.05, 0.1) is 26.4 Å². The van der Waals surface area contributed by atoms with E-state index in [1.54, 1.807) is 18.2 Å². The number of aliphatic hydroxyl groups excluding tert-OH is 7. The zero-order chi connectivity index (χ0) is 27.9. The number of halogens is 1. The lowest BCUT2D eigenvalue weighted by Crippen LogP contribution is -2.59. The minimum Gasteiger partial charge on any atom is -0.394 e. The third-order valence-corrected chi connectivity index (χ3v) is 7.06. The summed E-state index contributed by atoms with van der Waals surface area (Å²) in [5.41, 5.74) is 1.72. The lowest BCUT2D eigenvalue weighted by atomic mass is 9.90. The molecule has 2 amide bonds. The van der Waals surface area contributed by atoms with Gasteiger partial charge in [-0.3, -0.25) is 0 Å². The van der Waals surface area contributed by atoms with Gasteiger partial charge in [-0.1, -0.05) is 48.0 Å². The second kappa shape index (κ2) is 13.7. The van der Waals surface area contributed by atoms with Crippen molar-refractivity contribution in [1.29, 1.82) is 0 Å². The van der Waals surface area contributed by atoms with E-state index in [4.69, 9.17) is 16.3 Å². The van der Waals surface area contributed by atoms with Crippen LogP contribution in [-0.2, 0) is 17.6 Å². The molecule has 0 unspecified atom stereocenters. The van der Waals surface area contributed by atoms with Crippen LogP contribution in [-0.4, -0.2) is 105 Å². The minimum atomic E-state index is -1.49. The fourth-order valence-electron chi connectivity index (χ4n) is 4.20. The van der Waals surface area contributed by atoms with Crippen molar-refractivity contribution in [3.05, 3.63) is 69.7 Å². The number of rotatable bonds is 11. The molecular weight excluding hydrogens is 520 g/mol. The Morgan fingerprint density at radius 3 is 2.13 bits per heavy atom. The fourth-order valence-corrected chi connectivity index (χ4v) is 4.39. The van der Waals surface area contributed by atoms with Crippen LogP contribution >= 0.6 is 11.6 Å². The number of aliphatic hydroxyl groups is 7. The van der Waals surface area contributed by atoms with Crippen LogP contribution in [0.2, 0.25) is 5.02 Å². The fraction of sp³-hybridized carbons (Fsp3) is 0.500. The Kier molecular flexibility index (Phi) is 10.9. The molecule has 3 rings (SSSR count). The number of hydrogen-bond acceptors (Lipinski definition) is 9. The Morgan fingerprint density at radius 2 is 1.53 bits per heavy atom. The van der Waals surface area contributed by atoms with Crippen molar-refractivity contribution in [2.24, 2.45) is 0 Å². The van der Waals surface area contributed by atoms with Gasteiger partial charge in [0.15, 0.2) is 0 Å². The SMILES string of the molecule is O=C(NCCc1ccc(Cc2cc([C@@H]3O[C@H](CO)[C@@H](O)[C@H](O)[C@H]3O)ccc2Cl)cc1)NC(CO)(CO)CO. The Morgan fingerprint density at radius 1 is 0.895 bits per heavy atom. The maximum atomic E-state index is 12.0. The van der Waals surface area contributed by atoms with E-state index in [1.165, 1.54) is 0 Å². The van der Waals surface area contributed by atoms with E-state index < -0.39 is 68.5 Å². The van der Waals surface area contributed by atoms with Gasteiger partial charge in [0.25, 0.3) is 0 Å². The normalized spacial score (nSPS) is 23.7. The standard InChI is InChI=1S/C26H35ClN2O9/c27-19-6-5-17(24-23(36)22(35)21(34)20(11-30)38-24)10-18(19)9-16-3-1-15(2-4-16)7-8-28-25(37)29-26(12-31,13-32)14-33/h1-6,10,20-24,30-36H,7-9,11-14H2,(H2,28,29,37)/t20-,21-,22+,23-,24+/m1/s1. The van der Waals surface area contributed by atoms with Crippen LogP contribution in [0.5, 0.6) is 0 Å². The maximum Gasteiger partial charge on any atom is 0.315 e. The van der Waals surface area contributed by atoms with E-state index in [0.717, 1.165) is 16.7 Å². The summed E-state index contributed by atoms with van der Waals surface area (Å²) in [7, 11) is 0. The Balaban J connectivity index is 1.60. The van der Waals surface area contributed by atoms with Crippen molar-refractivity contribution in [2.45, 2.75) is 48.9 Å². The predicted molar refractivity (Wildman–Crippen MR) is 138 cm³/mol. The summed E-state index contributed by atoms with van der Waals surface area (Å²) in [6, 6.07) is 12.1. The summed E-state index contributed by atoms with van der Waals surface area (Å²) in [5, 5.41) is 73.4. The Labute approximate surface area is 225 Å². The molecule has 9 N–H and O–H groups in total. The first-order valence-electron chi connectivity index (χ1n) is 12.2. The lowest BCUT2D eigenvalue weighted by molar-refractivity contribution is -0.231. The molecule has 1 aliphatic rings. The number of nitrogens with one attached hydrogen (secondary N) is 2. The molecule has 5 atom stereocenters. The molecule has 1 aliphatic heterocycles. The first-order chi connectivity index (χ1) is 18.2. The monoisotopic (exact) mass is 554 g/mol. The maximum absolute atomic E-state index is 12.0. The van der Waals surface area contributed by atoms with Crippen molar-refractivity contribution < 1.29 is 45.3 Å². The molecule has 1 fully saturated rings. The molecular formula is C26H35ClN2O9. The van der Waals surface area contributed by atoms with Crippen molar-refractivity contribution in [1.82, 2.24) is 10.6 Å². The van der Waals surface area contributed by atoms with Gasteiger partial charge in [0.2, 0.25) is 0 Å². The highest BCUT2D eigenvalue weighted by Gasteiger charge is 2.44. The molecule has 12 heteroatoms. The van der Waals surface area contributed by atoms with E-state index in [0.29, 0.717) is 23.4 Å². The molecule has 0 spiro atoms. The average molecular weight is 555 g/mol. The van der Waals surface area contributed by atoms with E-state index in [1.807, 2.05) is 24.3 Å². The molecule has 0 saturated carbocycles. The molecule has 2 aromatic rings. The number of carbonyl (C=O) groups excluding carboxylic acids is 1. The smallest absolute Gasteiger partial charge is 0.315 e. The quantitative estimate of drug-likeness (QED) is 0.168. The van der Waals surface area contributed by atoms with Crippen LogP contribution in [0.25, 0.3) is 0 Å². The van der Waals surface area contributed by atoms with Gasteiger partial charge in [0.1, 0.15) is 36.1 Å². The summed E-state index contributed by atoms with van der Waals surface area (Å²) in [5.74, 6) is 0. The van der Waals surface area contributed by atoms with Crippen molar-refractivity contribution in [2.75, 3.05) is 33.0 Å². The third kappa shape index (κ3) is 7.20. The Hall–Kier alpha value is -2.32. The van der Waals surface area contributed by atoms with Crippen LogP contribution < -0.4 is 10.6 Å². The topological polar surface area (TPSA) is 192 Å². The number of amides is 2. The summed E-state index contributed by atoms with van der Waals surface area (Å²) >= 11 is 6.41. The first kappa shape index (κ1) is 30.2. The second-order valence-electron chi connectivity index (χ2n) is 9.48. The van der Waals surface area contributed by atoms with E-state index in [-0.39, 0.29) is 6.54 Å². The van der Waals surface area contributed by atoms with E-state index in [9.17, 15) is 40.5 Å². The minimum absolute atomic E-state index is 0.288. The number of carbonyl (C=O) groups is 1. The molecule has 0 aliphatic carbocycles.